The van der Waals surface area contributed by atoms with Crippen LogP contribution in [0.5, 0.6) is 5.75 Å². The lowest BCUT2D eigenvalue weighted by molar-refractivity contribution is -0.384. The van der Waals surface area contributed by atoms with Crippen molar-refractivity contribution in [2.45, 2.75) is 20.3 Å². The van der Waals surface area contributed by atoms with Crippen LogP contribution in [0.25, 0.3) is 0 Å². The van der Waals surface area contributed by atoms with Gasteiger partial charge in [0, 0.05) is 16.4 Å². The molecule has 12 heteroatoms. The number of nitrogens with one attached hydrogen (secondary N) is 3. The van der Waals surface area contributed by atoms with Gasteiger partial charge in [-0.25, -0.2) is 5.43 Å². The van der Waals surface area contributed by atoms with Gasteiger partial charge in [0.1, 0.15) is 11.4 Å². The molecule has 168 valence electrons. The third kappa shape index (κ3) is 6.77. The van der Waals surface area contributed by atoms with E-state index >= 15 is 0 Å². The second kappa shape index (κ2) is 10.9. The van der Waals surface area contributed by atoms with Crippen molar-refractivity contribution >= 4 is 52.1 Å². The minimum Gasteiger partial charge on any atom is -0.496 e. The number of hydrogen-bond donors (Lipinski definition) is 3. The van der Waals surface area contributed by atoms with Crippen molar-refractivity contribution in [3.8, 4) is 5.75 Å². The van der Waals surface area contributed by atoms with E-state index in [1.165, 1.54) is 38.3 Å². The number of nitro benzene ring substituents is 1. The predicted octanol–water partition coefficient (Wildman–Crippen LogP) is 3.02. The summed E-state index contributed by atoms with van der Waals surface area (Å²) in [6, 6.07) is 8.75. The monoisotopic (exact) mass is 461 g/mol. The van der Waals surface area contributed by atoms with Crippen LogP contribution in [-0.2, 0) is 14.4 Å². The van der Waals surface area contributed by atoms with Gasteiger partial charge >= 0.3 is 11.8 Å². The van der Waals surface area contributed by atoms with Gasteiger partial charge < -0.3 is 15.4 Å². The molecule has 2 rings (SSSR count). The van der Waals surface area contributed by atoms with Crippen molar-refractivity contribution in [3.63, 3.8) is 0 Å². The highest BCUT2D eigenvalue weighted by molar-refractivity contribution is 6.40. The average molecular weight is 462 g/mol. The quantitative estimate of drug-likeness (QED) is 0.249. The third-order valence-electron chi connectivity index (χ3n) is 4.08. The van der Waals surface area contributed by atoms with E-state index < -0.39 is 22.6 Å². The highest BCUT2D eigenvalue weighted by atomic mass is 35.5. The lowest BCUT2D eigenvalue weighted by atomic mass is 10.2. The molecular formula is C20H20ClN5O6. The number of nitro groups is 1. The van der Waals surface area contributed by atoms with Crippen LogP contribution < -0.4 is 20.8 Å². The van der Waals surface area contributed by atoms with E-state index in [1.807, 2.05) is 5.43 Å². The van der Waals surface area contributed by atoms with Crippen LogP contribution in [0, 0.1) is 17.0 Å². The smallest absolute Gasteiger partial charge is 0.329 e. The number of carbonyl (C=O) groups excluding carboxylic acids is 3. The minimum absolute atomic E-state index is 0.0197. The maximum absolute atomic E-state index is 12.2. The molecule has 0 radical (unpaired) electrons. The zero-order chi connectivity index (χ0) is 23.8. The summed E-state index contributed by atoms with van der Waals surface area (Å²) >= 11 is 5.97. The molecule has 0 saturated carbocycles. The number of carbonyl (C=O) groups is 3. The Morgan fingerprint density at radius 2 is 1.84 bits per heavy atom. The lowest BCUT2D eigenvalue weighted by Crippen LogP contribution is -2.33. The molecule has 0 aliphatic heterocycles. The minimum atomic E-state index is -1.05. The molecule has 0 atom stereocenters. The van der Waals surface area contributed by atoms with Gasteiger partial charge in [-0.3, -0.25) is 24.5 Å². The Morgan fingerprint density at radius 3 is 2.47 bits per heavy atom. The molecule has 3 amide bonds. The third-order valence-corrected chi connectivity index (χ3v) is 4.48. The molecule has 0 aliphatic carbocycles. The number of methoxy groups -OCH3 is 1. The van der Waals surface area contributed by atoms with Gasteiger partial charge in [0.05, 0.1) is 24.5 Å². The molecule has 0 aromatic heterocycles. The SMILES string of the molecule is COc1ccc(NC(=O)C/C(C)=N\NC(=O)C(=O)Nc2ccc(C)c(Cl)c2)c([N+](=O)[O-])c1. The van der Waals surface area contributed by atoms with Crippen LogP contribution in [0.1, 0.15) is 18.9 Å². The molecule has 32 heavy (non-hydrogen) atoms. The van der Waals surface area contributed by atoms with Gasteiger partial charge in [0.2, 0.25) is 5.91 Å². The Labute approximate surface area is 187 Å². The van der Waals surface area contributed by atoms with Gasteiger partial charge in [0.15, 0.2) is 0 Å². The Hall–Kier alpha value is -3.99. The summed E-state index contributed by atoms with van der Waals surface area (Å²) in [5.41, 5.74) is 3.00. The number of benzene rings is 2. The lowest BCUT2D eigenvalue weighted by Gasteiger charge is -2.08. The van der Waals surface area contributed by atoms with Crippen molar-refractivity contribution in [2.24, 2.45) is 5.10 Å². The van der Waals surface area contributed by atoms with Crippen LogP contribution >= 0.6 is 11.6 Å². The summed E-state index contributed by atoms with van der Waals surface area (Å²) in [7, 11) is 1.36. The molecule has 0 unspecified atom stereocenters. The molecule has 0 fully saturated rings. The number of aryl methyl sites for hydroxylation is 1. The maximum atomic E-state index is 12.2. The molecule has 11 nitrogen and oxygen atoms in total. The van der Waals surface area contributed by atoms with Gasteiger partial charge in [-0.15, -0.1) is 0 Å². The summed E-state index contributed by atoms with van der Waals surface area (Å²) in [4.78, 5) is 46.6. The first kappa shape index (κ1) is 24.3. The van der Waals surface area contributed by atoms with Crippen molar-refractivity contribution < 1.29 is 24.0 Å². The Bertz CT molecular complexity index is 1100. The first-order valence-electron chi connectivity index (χ1n) is 9.13. The number of nitrogens with zero attached hydrogens (tertiary/aromatic N) is 2. The normalized spacial score (nSPS) is 10.8. The molecule has 0 saturated heterocycles. The number of anilines is 2. The van der Waals surface area contributed by atoms with E-state index in [2.05, 4.69) is 15.7 Å². The predicted molar refractivity (Wildman–Crippen MR) is 119 cm³/mol. The number of rotatable bonds is 7. The zero-order valence-corrected chi connectivity index (χ0v) is 18.1. The molecule has 0 aliphatic rings. The Morgan fingerprint density at radius 1 is 1.12 bits per heavy atom. The van der Waals surface area contributed by atoms with Crippen molar-refractivity contribution in [1.82, 2.24) is 5.43 Å². The van der Waals surface area contributed by atoms with Gasteiger partial charge in [-0.1, -0.05) is 17.7 Å². The van der Waals surface area contributed by atoms with Gasteiger partial charge in [0.25, 0.3) is 5.69 Å². The number of hydrazone groups is 1. The summed E-state index contributed by atoms with van der Waals surface area (Å²) in [5, 5.41) is 20.1. The zero-order valence-electron chi connectivity index (χ0n) is 17.4. The fourth-order valence-corrected chi connectivity index (χ4v) is 2.60. The van der Waals surface area contributed by atoms with Crippen LogP contribution in [-0.4, -0.2) is 35.5 Å². The van der Waals surface area contributed by atoms with E-state index in [-0.39, 0.29) is 29.3 Å². The first-order valence-corrected chi connectivity index (χ1v) is 9.51. The molecule has 0 bridgehead atoms. The second-order valence-electron chi connectivity index (χ2n) is 6.57. The largest absolute Gasteiger partial charge is 0.496 e. The summed E-state index contributed by atoms with van der Waals surface area (Å²) in [5.74, 6) is -2.36. The molecule has 2 aromatic carbocycles. The van der Waals surface area contributed by atoms with Crippen LogP contribution in [0.2, 0.25) is 5.02 Å². The maximum Gasteiger partial charge on any atom is 0.329 e. The molecule has 0 spiro atoms. The number of amides is 3. The highest BCUT2D eigenvalue weighted by Gasteiger charge is 2.18. The van der Waals surface area contributed by atoms with E-state index in [0.717, 1.165) is 5.56 Å². The van der Waals surface area contributed by atoms with Gasteiger partial charge in [-0.05, 0) is 43.7 Å². The van der Waals surface area contributed by atoms with Crippen molar-refractivity contribution in [3.05, 3.63) is 57.1 Å². The standard InChI is InChI=1S/C20H20ClN5O6/c1-11-4-5-13(9-15(11)21)22-19(28)20(29)25-24-12(2)8-18(27)23-16-7-6-14(32-3)10-17(16)26(30)31/h4-7,9-10H,8H2,1-3H3,(H,22,28)(H,23,27)(H,25,29)/b24-12-. The van der Waals surface area contributed by atoms with Crippen LogP contribution in [0.4, 0.5) is 17.1 Å². The summed E-state index contributed by atoms with van der Waals surface area (Å²) < 4.78 is 4.94. The van der Waals surface area contributed by atoms with E-state index in [1.54, 1.807) is 19.1 Å². The molecule has 2 aromatic rings. The fourth-order valence-electron chi connectivity index (χ4n) is 2.42. The summed E-state index contributed by atoms with van der Waals surface area (Å²) in [6.07, 6.45) is -0.279. The van der Waals surface area contributed by atoms with Crippen molar-refractivity contribution in [1.29, 1.82) is 0 Å². The second-order valence-corrected chi connectivity index (χ2v) is 6.98. The van der Waals surface area contributed by atoms with E-state index in [4.69, 9.17) is 16.3 Å². The number of ether oxygens (including phenoxy) is 1. The van der Waals surface area contributed by atoms with Gasteiger partial charge in [-0.2, -0.15) is 5.10 Å². The number of hydrogen-bond acceptors (Lipinski definition) is 7. The molecule has 0 heterocycles. The first-order chi connectivity index (χ1) is 15.1. The fraction of sp³-hybridized carbons (Fsp3) is 0.200. The van der Waals surface area contributed by atoms with Crippen LogP contribution in [0.15, 0.2) is 41.5 Å². The van der Waals surface area contributed by atoms with E-state index in [0.29, 0.717) is 10.7 Å². The highest BCUT2D eigenvalue weighted by Crippen LogP contribution is 2.29. The Balaban J connectivity index is 1.93. The Kier molecular flexibility index (Phi) is 8.24. The average Bonchev–Trinajstić information content (AvgIpc) is 2.74. The topological polar surface area (TPSA) is 152 Å². The summed E-state index contributed by atoms with van der Waals surface area (Å²) in [6.45, 7) is 3.24. The van der Waals surface area contributed by atoms with Crippen molar-refractivity contribution in [2.75, 3.05) is 17.7 Å². The number of halogens is 1. The molecular weight excluding hydrogens is 442 g/mol. The van der Waals surface area contributed by atoms with Crippen LogP contribution in [0.3, 0.4) is 0 Å². The molecule has 3 N–H and O–H groups in total. The van der Waals surface area contributed by atoms with E-state index in [9.17, 15) is 24.5 Å².